The minimum Gasteiger partial charge on any atom is -0.271 e. The van der Waals surface area contributed by atoms with Gasteiger partial charge in [-0.3, -0.25) is 11.3 Å². The van der Waals surface area contributed by atoms with E-state index in [9.17, 15) is 0 Å². The van der Waals surface area contributed by atoms with Crippen molar-refractivity contribution in [3.63, 3.8) is 0 Å². The van der Waals surface area contributed by atoms with E-state index in [0.29, 0.717) is 6.04 Å². The van der Waals surface area contributed by atoms with E-state index in [0.717, 1.165) is 23.7 Å². The second-order valence-corrected chi connectivity index (χ2v) is 6.49. The van der Waals surface area contributed by atoms with Gasteiger partial charge in [0, 0.05) is 6.04 Å². The summed E-state index contributed by atoms with van der Waals surface area (Å²) in [6, 6.07) is 0.617. The number of nitrogens with two attached hydrogens (primary N) is 1. The standard InChI is InChI=1S/C14H26N2/c15-16-14(11-3-1-2-4-11)9-13-8-10-5-6-12(13)7-10/h10-14,16H,1-9,15H2. The maximum absolute atomic E-state index is 5.78. The summed E-state index contributed by atoms with van der Waals surface area (Å²) in [7, 11) is 0. The summed E-state index contributed by atoms with van der Waals surface area (Å²) < 4.78 is 0. The highest BCUT2D eigenvalue weighted by molar-refractivity contribution is 4.93. The zero-order valence-corrected chi connectivity index (χ0v) is 10.3. The molecule has 3 N–H and O–H groups in total. The van der Waals surface area contributed by atoms with Crippen molar-refractivity contribution in [2.45, 2.75) is 63.8 Å². The zero-order chi connectivity index (χ0) is 11.0. The average molecular weight is 222 g/mol. The lowest BCUT2D eigenvalue weighted by atomic mass is 9.81. The molecule has 4 atom stereocenters. The first-order chi connectivity index (χ1) is 7.86. The van der Waals surface area contributed by atoms with E-state index >= 15 is 0 Å². The molecule has 0 spiro atoms. The molecule has 3 fully saturated rings. The predicted molar refractivity (Wildman–Crippen MR) is 66.6 cm³/mol. The molecule has 0 aromatic heterocycles. The predicted octanol–water partition coefficient (Wildman–Crippen LogP) is 2.83. The summed E-state index contributed by atoms with van der Waals surface area (Å²) in [5.74, 6) is 9.80. The van der Waals surface area contributed by atoms with Gasteiger partial charge in [0.05, 0.1) is 0 Å². The lowest BCUT2D eigenvalue weighted by Gasteiger charge is -2.29. The summed E-state index contributed by atoms with van der Waals surface area (Å²) in [4.78, 5) is 0. The second-order valence-electron chi connectivity index (χ2n) is 6.49. The van der Waals surface area contributed by atoms with E-state index in [1.165, 1.54) is 57.8 Å². The third kappa shape index (κ3) is 2.02. The van der Waals surface area contributed by atoms with E-state index in [1.54, 1.807) is 0 Å². The molecule has 0 heterocycles. The van der Waals surface area contributed by atoms with Crippen LogP contribution in [0.5, 0.6) is 0 Å². The number of hydrogen-bond acceptors (Lipinski definition) is 2. The van der Waals surface area contributed by atoms with Crippen LogP contribution >= 0.6 is 0 Å². The molecule has 2 nitrogen and oxygen atoms in total. The van der Waals surface area contributed by atoms with Crippen LogP contribution in [0.1, 0.15) is 57.8 Å². The Labute approximate surface area is 99.3 Å². The Hall–Kier alpha value is -0.0800. The molecule has 0 saturated heterocycles. The molecule has 0 amide bonds. The third-order valence-corrected chi connectivity index (χ3v) is 5.62. The van der Waals surface area contributed by atoms with Gasteiger partial charge < -0.3 is 0 Å². The molecule has 2 bridgehead atoms. The summed E-state index contributed by atoms with van der Waals surface area (Å²) in [5.41, 5.74) is 3.13. The van der Waals surface area contributed by atoms with Crippen LogP contribution in [0.25, 0.3) is 0 Å². The molecule has 0 radical (unpaired) electrons. The van der Waals surface area contributed by atoms with Crippen LogP contribution in [-0.4, -0.2) is 6.04 Å². The molecular formula is C14H26N2. The molecule has 2 heteroatoms. The van der Waals surface area contributed by atoms with E-state index in [4.69, 9.17) is 5.84 Å². The van der Waals surface area contributed by atoms with Crippen molar-refractivity contribution in [3.05, 3.63) is 0 Å². The molecule has 4 unspecified atom stereocenters. The Morgan fingerprint density at radius 1 is 1.06 bits per heavy atom. The summed E-state index contributed by atoms with van der Waals surface area (Å²) in [5, 5.41) is 0. The Kier molecular flexibility index (Phi) is 3.21. The molecule has 3 aliphatic rings. The molecule has 0 aromatic rings. The summed E-state index contributed by atoms with van der Waals surface area (Å²) >= 11 is 0. The molecule has 3 rings (SSSR count). The molecule has 0 aliphatic heterocycles. The number of hydrazine groups is 1. The molecule has 3 aliphatic carbocycles. The van der Waals surface area contributed by atoms with Crippen molar-refractivity contribution in [1.82, 2.24) is 5.43 Å². The van der Waals surface area contributed by atoms with Gasteiger partial charge >= 0.3 is 0 Å². The van der Waals surface area contributed by atoms with Crippen LogP contribution in [0.2, 0.25) is 0 Å². The monoisotopic (exact) mass is 222 g/mol. The molecule has 92 valence electrons. The van der Waals surface area contributed by atoms with Gasteiger partial charge in [-0.05, 0) is 62.2 Å². The third-order valence-electron chi connectivity index (χ3n) is 5.62. The maximum Gasteiger partial charge on any atom is 0.0241 e. The fourth-order valence-corrected chi connectivity index (χ4v) is 4.75. The molecular weight excluding hydrogens is 196 g/mol. The Morgan fingerprint density at radius 2 is 1.88 bits per heavy atom. The van der Waals surface area contributed by atoms with Gasteiger partial charge in [-0.1, -0.05) is 19.3 Å². The van der Waals surface area contributed by atoms with Gasteiger partial charge in [0.1, 0.15) is 0 Å². The van der Waals surface area contributed by atoms with E-state index in [2.05, 4.69) is 5.43 Å². The van der Waals surface area contributed by atoms with Gasteiger partial charge in [-0.15, -0.1) is 0 Å². The minimum atomic E-state index is 0.617. The van der Waals surface area contributed by atoms with Crippen LogP contribution in [0.4, 0.5) is 0 Å². The Bertz CT molecular complexity index is 235. The average Bonchev–Trinajstić information content (AvgIpc) is 3.01. The normalized spacial score (nSPS) is 40.7. The highest BCUT2D eigenvalue weighted by atomic mass is 15.2. The van der Waals surface area contributed by atoms with E-state index < -0.39 is 0 Å². The van der Waals surface area contributed by atoms with Crippen molar-refractivity contribution in [2.75, 3.05) is 0 Å². The van der Waals surface area contributed by atoms with Crippen molar-refractivity contribution < 1.29 is 0 Å². The van der Waals surface area contributed by atoms with Gasteiger partial charge in [0.15, 0.2) is 0 Å². The quantitative estimate of drug-likeness (QED) is 0.567. The first-order valence-electron chi connectivity index (χ1n) is 7.33. The first kappa shape index (κ1) is 11.0. The highest BCUT2D eigenvalue weighted by Crippen LogP contribution is 2.50. The number of hydrogen-bond donors (Lipinski definition) is 2. The topological polar surface area (TPSA) is 38.0 Å². The maximum atomic E-state index is 5.78. The largest absolute Gasteiger partial charge is 0.271 e. The summed E-state index contributed by atoms with van der Waals surface area (Å²) in [6.45, 7) is 0. The van der Waals surface area contributed by atoms with Gasteiger partial charge in [-0.2, -0.15) is 0 Å². The van der Waals surface area contributed by atoms with Gasteiger partial charge in [-0.25, -0.2) is 0 Å². The van der Waals surface area contributed by atoms with Crippen molar-refractivity contribution in [1.29, 1.82) is 0 Å². The fourth-order valence-electron chi connectivity index (χ4n) is 4.75. The number of nitrogens with one attached hydrogen (secondary N) is 1. The Morgan fingerprint density at radius 3 is 2.44 bits per heavy atom. The van der Waals surface area contributed by atoms with Crippen LogP contribution in [0.15, 0.2) is 0 Å². The van der Waals surface area contributed by atoms with Crippen molar-refractivity contribution >= 4 is 0 Å². The lowest BCUT2D eigenvalue weighted by Crippen LogP contribution is -2.42. The van der Waals surface area contributed by atoms with Crippen molar-refractivity contribution in [3.8, 4) is 0 Å². The van der Waals surface area contributed by atoms with Gasteiger partial charge in [0.2, 0.25) is 0 Å². The highest BCUT2D eigenvalue weighted by Gasteiger charge is 2.41. The number of rotatable bonds is 4. The lowest BCUT2D eigenvalue weighted by molar-refractivity contribution is 0.238. The van der Waals surface area contributed by atoms with Crippen LogP contribution in [0, 0.1) is 23.7 Å². The molecule has 16 heavy (non-hydrogen) atoms. The fraction of sp³-hybridized carbons (Fsp3) is 1.00. The van der Waals surface area contributed by atoms with Crippen molar-refractivity contribution in [2.24, 2.45) is 29.5 Å². The minimum absolute atomic E-state index is 0.617. The van der Waals surface area contributed by atoms with Crippen LogP contribution in [-0.2, 0) is 0 Å². The molecule has 0 aromatic carbocycles. The Balaban J connectivity index is 1.55. The SMILES string of the molecule is NNC(CC1CC2CCC1C2)C1CCCC1. The molecule has 3 saturated carbocycles. The van der Waals surface area contributed by atoms with Crippen LogP contribution < -0.4 is 11.3 Å². The van der Waals surface area contributed by atoms with E-state index in [1.807, 2.05) is 0 Å². The zero-order valence-electron chi connectivity index (χ0n) is 10.3. The van der Waals surface area contributed by atoms with E-state index in [-0.39, 0.29) is 0 Å². The van der Waals surface area contributed by atoms with Gasteiger partial charge in [0.25, 0.3) is 0 Å². The first-order valence-corrected chi connectivity index (χ1v) is 7.33. The number of fused-ring (bicyclic) bond motifs is 2. The smallest absolute Gasteiger partial charge is 0.0241 e. The summed E-state index contributed by atoms with van der Waals surface area (Å²) in [6.07, 6.45) is 13.1. The second kappa shape index (κ2) is 4.66. The van der Waals surface area contributed by atoms with Crippen LogP contribution in [0.3, 0.4) is 0 Å².